The first kappa shape index (κ1) is 18.5. The fourth-order valence-electron chi connectivity index (χ4n) is 2.29. The van der Waals surface area contributed by atoms with Crippen LogP contribution in [-0.2, 0) is 4.79 Å². The molecule has 0 spiro atoms. The van der Waals surface area contributed by atoms with Gasteiger partial charge in [0.25, 0.3) is 5.91 Å². The van der Waals surface area contributed by atoms with Crippen molar-refractivity contribution in [2.24, 2.45) is 5.10 Å². The number of para-hydroxylation sites is 1. The summed E-state index contributed by atoms with van der Waals surface area (Å²) in [5.41, 5.74) is 4.65. The average molecular weight is 336 g/mol. The second-order valence-electron chi connectivity index (χ2n) is 5.72. The number of allylic oxidation sites excluding steroid dienone is 1. The van der Waals surface area contributed by atoms with Gasteiger partial charge >= 0.3 is 0 Å². The molecule has 0 heterocycles. The highest BCUT2D eigenvalue weighted by molar-refractivity contribution is 5.82. The van der Waals surface area contributed by atoms with E-state index in [1.54, 1.807) is 6.08 Å². The summed E-state index contributed by atoms with van der Waals surface area (Å²) in [5.74, 6) is 0.851. The standard InChI is InChI=1S/C21H24N2O2/c1-3-17(2)19-13-7-8-14-20(19)25-16-21(24)23-22-15-9-12-18-10-5-4-6-11-18/h4-15,17H,3,16H2,1-2H3,(H,23,24)/b12-9+,22-15+. The van der Waals surface area contributed by atoms with E-state index < -0.39 is 0 Å². The highest BCUT2D eigenvalue weighted by Gasteiger charge is 2.10. The number of carbonyl (C=O) groups is 1. The zero-order valence-corrected chi connectivity index (χ0v) is 14.7. The van der Waals surface area contributed by atoms with Crippen LogP contribution in [0.4, 0.5) is 0 Å². The third kappa shape index (κ3) is 6.26. The molecular formula is C21H24N2O2. The number of rotatable bonds is 8. The molecule has 0 aliphatic carbocycles. The van der Waals surface area contributed by atoms with Crippen LogP contribution in [0.25, 0.3) is 6.08 Å². The molecule has 0 saturated carbocycles. The van der Waals surface area contributed by atoms with Crippen LogP contribution in [-0.4, -0.2) is 18.7 Å². The molecule has 0 aromatic heterocycles. The molecule has 0 aliphatic rings. The third-order valence-corrected chi connectivity index (χ3v) is 3.86. The Labute approximate surface area is 149 Å². The van der Waals surface area contributed by atoms with Crippen molar-refractivity contribution in [2.75, 3.05) is 6.61 Å². The quantitative estimate of drug-likeness (QED) is 0.574. The summed E-state index contributed by atoms with van der Waals surface area (Å²) in [6.45, 7) is 4.21. The molecule has 2 rings (SSSR count). The van der Waals surface area contributed by atoms with Gasteiger partial charge in [-0.3, -0.25) is 4.79 Å². The molecule has 130 valence electrons. The lowest BCUT2D eigenvalue weighted by Gasteiger charge is -2.15. The van der Waals surface area contributed by atoms with E-state index >= 15 is 0 Å². The summed E-state index contributed by atoms with van der Waals surface area (Å²) < 4.78 is 5.64. The minimum absolute atomic E-state index is 0.0623. The first-order valence-electron chi connectivity index (χ1n) is 8.46. The lowest BCUT2D eigenvalue weighted by Crippen LogP contribution is -2.24. The highest BCUT2D eigenvalue weighted by Crippen LogP contribution is 2.28. The van der Waals surface area contributed by atoms with Crippen LogP contribution in [0.15, 0.2) is 65.8 Å². The summed E-state index contributed by atoms with van der Waals surface area (Å²) in [6, 6.07) is 17.7. The van der Waals surface area contributed by atoms with Gasteiger partial charge in [0.15, 0.2) is 6.61 Å². The molecule has 0 bridgehead atoms. The van der Waals surface area contributed by atoms with E-state index in [0.717, 1.165) is 23.3 Å². The van der Waals surface area contributed by atoms with Crippen molar-refractivity contribution >= 4 is 18.2 Å². The maximum Gasteiger partial charge on any atom is 0.277 e. The number of nitrogens with zero attached hydrogens (tertiary/aromatic N) is 1. The van der Waals surface area contributed by atoms with Crippen molar-refractivity contribution in [3.05, 3.63) is 71.8 Å². The maximum atomic E-state index is 11.8. The van der Waals surface area contributed by atoms with Gasteiger partial charge in [0, 0.05) is 6.21 Å². The molecule has 1 unspecified atom stereocenters. The SMILES string of the molecule is CCC(C)c1ccccc1OCC(=O)N/N=C/C=C/c1ccccc1. The average Bonchev–Trinajstić information content (AvgIpc) is 2.66. The number of hydrogen-bond acceptors (Lipinski definition) is 3. The van der Waals surface area contributed by atoms with Gasteiger partial charge in [0.1, 0.15) is 5.75 Å². The third-order valence-electron chi connectivity index (χ3n) is 3.86. The number of ether oxygens (including phenoxy) is 1. The molecule has 2 aromatic carbocycles. The molecular weight excluding hydrogens is 312 g/mol. The largest absolute Gasteiger partial charge is 0.483 e. The molecule has 4 nitrogen and oxygen atoms in total. The van der Waals surface area contributed by atoms with E-state index in [1.165, 1.54) is 6.21 Å². The number of hydrogen-bond donors (Lipinski definition) is 1. The molecule has 1 amide bonds. The van der Waals surface area contributed by atoms with Gasteiger partial charge in [-0.1, -0.05) is 68.5 Å². The van der Waals surface area contributed by atoms with E-state index in [0.29, 0.717) is 5.92 Å². The van der Waals surface area contributed by atoms with Gasteiger partial charge in [-0.15, -0.1) is 0 Å². The molecule has 1 atom stereocenters. The first-order chi connectivity index (χ1) is 12.2. The molecule has 4 heteroatoms. The van der Waals surface area contributed by atoms with Crippen LogP contribution in [0, 0.1) is 0 Å². The fraction of sp³-hybridized carbons (Fsp3) is 0.238. The predicted molar refractivity (Wildman–Crippen MR) is 103 cm³/mol. The van der Waals surface area contributed by atoms with E-state index in [9.17, 15) is 4.79 Å². The van der Waals surface area contributed by atoms with Crippen molar-refractivity contribution in [2.45, 2.75) is 26.2 Å². The van der Waals surface area contributed by atoms with Gasteiger partial charge in [-0.05, 0) is 35.6 Å². The minimum atomic E-state index is -0.289. The van der Waals surface area contributed by atoms with E-state index in [4.69, 9.17) is 4.74 Å². The van der Waals surface area contributed by atoms with Crippen molar-refractivity contribution < 1.29 is 9.53 Å². The van der Waals surface area contributed by atoms with Crippen LogP contribution in [0.5, 0.6) is 5.75 Å². The summed E-state index contributed by atoms with van der Waals surface area (Å²) in [4.78, 5) is 11.8. The fourth-order valence-corrected chi connectivity index (χ4v) is 2.29. The Morgan fingerprint density at radius 1 is 1.16 bits per heavy atom. The van der Waals surface area contributed by atoms with Gasteiger partial charge in [-0.2, -0.15) is 5.10 Å². The monoisotopic (exact) mass is 336 g/mol. The van der Waals surface area contributed by atoms with Crippen LogP contribution in [0.3, 0.4) is 0 Å². The molecule has 0 saturated heterocycles. The normalized spacial score (nSPS) is 12.4. The summed E-state index contributed by atoms with van der Waals surface area (Å²) in [6.07, 6.45) is 6.24. The van der Waals surface area contributed by atoms with Gasteiger partial charge in [0.05, 0.1) is 0 Å². The number of amides is 1. The van der Waals surface area contributed by atoms with Crippen LogP contribution in [0.1, 0.15) is 37.3 Å². The van der Waals surface area contributed by atoms with Crippen LogP contribution in [0.2, 0.25) is 0 Å². The summed E-state index contributed by atoms with van der Waals surface area (Å²) in [5, 5.41) is 3.88. The number of hydrazone groups is 1. The Bertz CT molecular complexity index is 724. The highest BCUT2D eigenvalue weighted by atomic mass is 16.5. The number of benzene rings is 2. The maximum absolute atomic E-state index is 11.8. The second kappa shape index (κ2) is 10.1. The van der Waals surface area contributed by atoms with E-state index in [2.05, 4.69) is 24.4 Å². The van der Waals surface area contributed by atoms with Crippen molar-refractivity contribution in [3.8, 4) is 5.75 Å². The number of nitrogens with one attached hydrogen (secondary N) is 1. The van der Waals surface area contributed by atoms with Crippen LogP contribution >= 0.6 is 0 Å². The van der Waals surface area contributed by atoms with Gasteiger partial charge in [-0.25, -0.2) is 5.43 Å². The Kier molecular flexibility index (Phi) is 7.44. The van der Waals surface area contributed by atoms with Crippen molar-refractivity contribution in [1.82, 2.24) is 5.43 Å². The lowest BCUT2D eigenvalue weighted by molar-refractivity contribution is -0.123. The van der Waals surface area contributed by atoms with Crippen molar-refractivity contribution in [3.63, 3.8) is 0 Å². The van der Waals surface area contributed by atoms with Crippen LogP contribution < -0.4 is 10.2 Å². The zero-order chi connectivity index (χ0) is 17.9. The number of carbonyl (C=O) groups excluding carboxylic acids is 1. The Balaban J connectivity index is 1.79. The Morgan fingerprint density at radius 3 is 2.64 bits per heavy atom. The Morgan fingerprint density at radius 2 is 1.88 bits per heavy atom. The molecule has 25 heavy (non-hydrogen) atoms. The van der Waals surface area contributed by atoms with Crippen molar-refractivity contribution in [1.29, 1.82) is 0 Å². The van der Waals surface area contributed by atoms with E-state index in [1.807, 2.05) is 60.7 Å². The zero-order valence-electron chi connectivity index (χ0n) is 14.7. The molecule has 0 fully saturated rings. The topological polar surface area (TPSA) is 50.7 Å². The van der Waals surface area contributed by atoms with E-state index in [-0.39, 0.29) is 12.5 Å². The summed E-state index contributed by atoms with van der Waals surface area (Å²) >= 11 is 0. The lowest BCUT2D eigenvalue weighted by atomic mass is 9.98. The van der Waals surface area contributed by atoms with Gasteiger partial charge < -0.3 is 4.74 Å². The molecule has 0 aliphatic heterocycles. The molecule has 0 radical (unpaired) electrons. The smallest absolute Gasteiger partial charge is 0.277 e. The Hall–Kier alpha value is -2.88. The molecule has 1 N–H and O–H groups in total. The molecule has 2 aromatic rings. The first-order valence-corrected chi connectivity index (χ1v) is 8.46. The summed E-state index contributed by atoms with van der Waals surface area (Å²) in [7, 11) is 0. The second-order valence-corrected chi connectivity index (χ2v) is 5.72. The van der Waals surface area contributed by atoms with Gasteiger partial charge in [0.2, 0.25) is 0 Å². The minimum Gasteiger partial charge on any atom is -0.483 e. The predicted octanol–water partition coefficient (Wildman–Crippen LogP) is 4.39.